The highest BCUT2D eigenvalue weighted by Crippen LogP contribution is 2.29. The monoisotopic (exact) mass is 381 g/mol. The van der Waals surface area contributed by atoms with Crippen molar-refractivity contribution >= 4 is 28.1 Å². The molecular formula is C20H23N5OS. The fourth-order valence-corrected chi connectivity index (χ4v) is 4.35. The van der Waals surface area contributed by atoms with Crippen LogP contribution in [0.1, 0.15) is 24.0 Å². The summed E-state index contributed by atoms with van der Waals surface area (Å²) in [5.41, 5.74) is 3.12. The topological polar surface area (TPSA) is 63.1 Å². The van der Waals surface area contributed by atoms with Crippen LogP contribution >= 0.6 is 11.3 Å². The number of para-hydroxylation sites is 1. The maximum absolute atomic E-state index is 12.9. The molecule has 1 aromatic carbocycles. The van der Waals surface area contributed by atoms with Crippen LogP contribution in [0.25, 0.3) is 5.13 Å². The molecule has 3 aromatic rings. The molecule has 3 heterocycles. The van der Waals surface area contributed by atoms with Crippen LogP contribution in [0, 0.1) is 19.8 Å². The maximum atomic E-state index is 12.9. The summed E-state index contributed by atoms with van der Waals surface area (Å²) >= 11 is 1.55. The van der Waals surface area contributed by atoms with Gasteiger partial charge in [0.15, 0.2) is 0 Å². The third-order valence-corrected chi connectivity index (χ3v) is 6.02. The number of rotatable bonds is 4. The zero-order valence-electron chi connectivity index (χ0n) is 15.6. The Morgan fingerprint density at radius 3 is 2.56 bits per heavy atom. The molecule has 0 unspecified atom stereocenters. The lowest BCUT2D eigenvalue weighted by Gasteiger charge is -2.31. The third-order valence-electron chi connectivity index (χ3n) is 5.02. The molecule has 1 atom stereocenters. The molecule has 2 aromatic heterocycles. The first-order valence-electron chi connectivity index (χ1n) is 9.20. The normalized spacial score (nSPS) is 17.1. The first-order valence-corrected chi connectivity index (χ1v) is 10.0. The van der Waals surface area contributed by atoms with Crippen LogP contribution in [0.2, 0.25) is 0 Å². The Kier molecular flexibility index (Phi) is 4.94. The molecule has 0 spiro atoms. The van der Waals surface area contributed by atoms with Gasteiger partial charge in [0.25, 0.3) is 0 Å². The maximum Gasteiger partial charge on any atom is 0.229 e. The molecule has 7 heteroatoms. The Labute approximate surface area is 162 Å². The molecule has 6 nitrogen and oxygen atoms in total. The number of benzene rings is 1. The highest BCUT2D eigenvalue weighted by atomic mass is 32.1. The SMILES string of the molecule is Cc1cccc(C)c1NC(=O)[C@@H]1CCCN(c2nnc(-n3cccc3)s2)C1. The minimum absolute atomic E-state index is 0.0447. The summed E-state index contributed by atoms with van der Waals surface area (Å²) in [6, 6.07) is 10.0. The van der Waals surface area contributed by atoms with Crippen LogP contribution in [-0.4, -0.2) is 33.8 Å². The highest BCUT2D eigenvalue weighted by Gasteiger charge is 2.28. The fourth-order valence-electron chi connectivity index (χ4n) is 3.50. The van der Waals surface area contributed by atoms with Crippen molar-refractivity contribution in [2.75, 3.05) is 23.3 Å². The van der Waals surface area contributed by atoms with E-state index in [-0.39, 0.29) is 11.8 Å². The van der Waals surface area contributed by atoms with Gasteiger partial charge in [-0.25, -0.2) is 0 Å². The van der Waals surface area contributed by atoms with Crippen molar-refractivity contribution in [3.63, 3.8) is 0 Å². The van der Waals surface area contributed by atoms with E-state index in [0.29, 0.717) is 6.54 Å². The van der Waals surface area contributed by atoms with Gasteiger partial charge < -0.3 is 10.2 Å². The first kappa shape index (κ1) is 17.7. The average Bonchev–Trinajstić information content (AvgIpc) is 3.36. The largest absolute Gasteiger partial charge is 0.346 e. The molecule has 4 rings (SSSR count). The summed E-state index contributed by atoms with van der Waals surface area (Å²) in [6.45, 7) is 5.64. The molecule has 1 N–H and O–H groups in total. The van der Waals surface area contributed by atoms with Gasteiger partial charge in [-0.2, -0.15) is 0 Å². The fraction of sp³-hybridized carbons (Fsp3) is 0.350. The number of piperidine rings is 1. The second-order valence-electron chi connectivity index (χ2n) is 7.00. The van der Waals surface area contributed by atoms with Crippen molar-refractivity contribution < 1.29 is 4.79 Å². The van der Waals surface area contributed by atoms with Gasteiger partial charge in [0.2, 0.25) is 16.2 Å². The number of anilines is 2. The van der Waals surface area contributed by atoms with Crippen molar-refractivity contribution in [3.05, 3.63) is 53.9 Å². The number of carbonyl (C=O) groups is 1. The van der Waals surface area contributed by atoms with Gasteiger partial charge in [-0.05, 0) is 49.9 Å². The standard InChI is InChI=1S/C20H23N5OS/c1-14-7-5-8-15(2)17(14)21-18(26)16-9-6-12-25(13-16)20-23-22-19(27-20)24-10-3-4-11-24/h3-5,7-8,10-11,16H,6,9,12-13H2,1-2H3,(H,21,26)/t16-/m1/s1. The highest BCUT2D eigenvalue weighted by molar-refractivity contribution is 7.17. The van der Waals surface area contributed by atoms with Crippen molar-refractivity contribution in [2.24, 2.45) is 5.92 Å². The molecular weight excluding hydrogens is 358 g/mol. The van der Waals surface area contributed by atoms with Crippen LogP contribution in [-0.2, 0) is 4.79 Å². The van der Waals surface area contributed by atoms with E-state index in [0.717, 1.165) is 46.5 Å². The van der Waals surface area contributed by atoms with E-state index in [1.54, 1.807) is 11.3 Å². The minimum atomic E-state index is -0.0447. The lowest BCUT2D eigenvalue weighted by Crippen LogP contribution is -2.40. The number of aryl methyl sites for hydroxylation is 2. The lowest BCUT2D eigenvalue weighted by atomic mass is 9.97. The number of amides is 1. The van der Waals surface area contributed by atoms with E-state index in [4.69, 9.17) is 0 Å². The van der Waals surface area contributed by atoms with Gasteiger partial charge >= 0.3 is 0 Å². The number of nitrogens with one attached hydrogen (secondary N) is 1. The first-order chi connectivity index (χ1) is 13.1. The quantitative estimate of drug-likeness (QED) is 0.747. The van der Waals surface area contributed by atoms with Crippen molar-refractivity contribution in [3.8, 4) is 5.13 Å². The molecule has 1 fully saturated rings. The molecule has 1 aliphatic heterocycles. The number of carbonyl (C=O) groups excluding carboxylic acids is 1. The average molecular weight is 382 g/mol. The molecule has 0 bridgehead atoms. The van der Waals surface area contributed by atoms with E-state index in [1.165, 1.54) is 0 Å². The van der Waals surface area contributed by atoms with Gasteiger partial charge in [-0.1, -0.05) is 29.5 Å². The molecule has 1 saturated heterocycles. The van der Waals surface area contributed by atoms with E-state index >= 15 is 0 Å². The van der Waals surface area contributed by atoms with Crippen molar-refractivity contribution in [1.82, 2.24) is 14.8 Å². The molecule has 27 heavy (non-hydrogen) atoms. The van der Waals surface area contributed by atoms with E-state index in [1.807, 2.05) is 61.1 Å². The summed E-state index contributed by atoms with van der Waals surface area (Å²) in [5, 5.41) is 13.5. The zero-order valence-corrected chi connectivity index (χ0v) is 16.4. The van der Waals surface area contributed by atoms with Crippen molar-refractivity contribution in [1.29, 1.82) is 0 Å². The second kappa shape index (κ2) is 7.52. The minimum Gasteiger partial charge on any atom is -0.346 e. The van der Waals surface area contributed by atoms with E-state index < -0.39 is 0 Å². The van der Waals surface area contributed by atoms with Crippen LogP contribution in [0.3, 0.4) is 0 Å². The molecule has 1 aliphatic rings. The molecule has 1 amide bonds. The Bertz CT molecular complexity index is 914. The summed E-state index contributed by atoms with van der Waals surface area (Å²) in [4.78, 5) is 15.0. The molecule has 0 saturated carbocycles. The number of nitrogens with zero attached hydrogens (tertiary/aromatic N) is 4. The zero-order chi connectivity index (χ0) is 18.8. The van der Waals surface area contributed by atoms with Gasteiger partial charge in [0.05, 0.1) is 5.92 Å². The van der Waals surface area contributed by atoms with E-state index in [9.17, 15) is 4.79 Å². The summed E-state index contributed by atoms with van der Waals surface area (Å²) in [6.07, 6.45) is 5.79. The van der Waals surface area contributed by atoms with Crippen LogP contribution in [0.4, 0.5) is 10.8 Å². The summed E-state index contributed by atoms with van der Waals surface area (Å²) < 4.78 is 1.95. The number of hydrogen-bond donors (Lipinski definition) is 1. The summed E-state index contributed by atoms with van der Waals surface area (Å²) in [5.74, 6) is 0.0453. The van der Waals surface area contributed by atoms with Crippen LogP contribution in [0.15, 0.2) is 42.7 Å². The predicted octanol–water partition coefficient (Wildman–Crippen LogP) is 3.80. The van der Waals surface area contributed by atoms with Gasteiger partial charge in [0, 0.05) is 31.2 Å². The van der Waals surface area contributed by atoms with Crippen LogP contribution < -0.4 is 10.2 Å². The Hall–Kier alpha value is -2.67. The number of aromatic nitrogens is 3. The van der Waals surface area contributed by atoms with Gasteiger partial charge in [-0.3, -0.25) is 9.36 Å². The lowest BCUT2D eigenvalue weighted by molar-refractivity contribution is -0.120. The van der Waals surface area contributed by atoms with Gasteiger partial charge in [-0.15, -0.1) is 10.2 Å². The Balaban J connectivity index is 1.46. The Morgan fingerprint density at radius 1 is 1.11 bits per heavy atom. The van der Waals surface area contributed by atoms with E-state index in [2.05, 4.69) is 20.4 Å². The summed E-state index contributed by atoms with van der Waals surface area (Å²) in [7, 11) is 0. The molecule has 140 valence electrons. The van der Waals surface area contributed by atoms with Crippen molar-refractivity contribution in [2.45, 2.75) is 26.7 Å². The smallest absolute Gasteiger partial charge is 0.229 e. The molecule has 0 aliphatic carbocycles. The molecule has 0 radical (unpaired) electrons. The third kappa shape index (κ3) is 3.73. The predicted molar refractivity (Wildman–Crippen MR) is 109 cm³/mol. The second-order valence-corrected chi connectivity index (χ2v) is 7.93. The van der Waals surface area contributed by atoms with Gasteiger partial charge in [0.1, 0.15) is 0 Å². The number of hydrogen-bond acceptors (Lipinski definition) is 5. The van der Waals surface area contributed by atoms with Crippen LogP contribution in [0.5, 0.6) is 0 Å². The Morgan fingerprint density at radius 2 is 1.81 bits per heavy atom.